The molecule has 0 heterocycles. The van der Waals surface area contributed by atoms with Crippen LogP contribution < -0.4 is 0 Å². The van der Waals surface area contributed by atoms with E-state index < -0.39 is 26.7 Å². The zero-order chi connectivity index (χ0) is 10.9. The van der Waals surface area contributed by atoms with Crippen molar-refractivity contribution >= 4 is 44.7 Å². The number of aliphatic hydroxyl groups is 1. The molecule has 0 saturated heterocycles. The molecule has 0 aliphatic carbocycles. The minimum absolute atomic E-state index is 0. The smallest absolute Gasteiger partial charge is 0.368 e. The fraction of sp³-hybridized carbons (Fsp3) is 1.00. The van der Waals surface area contributed by atoms with Crippen molar-refractivity contribution in [1.29, 1.82) is 0 Å². The van der Waals surface area contributed by atoms with E-state index in [1.54, 1.807) is 0 Å². The Bertz CT molecular complexity index is 245. The van der Waals surface area contributed by atoms with Crippen LogP contribution >= 0.6 is 15.2 Å². The van der Waals surface area contributed by atoms with Gasteiger partial charge in [0.2, 0.25) is 0 Å². The summed E-state index contributed by atoms with van der Waals surface area (Å²) in [5.74, 6) is 0. The third-order valence-corrected chi connectivity index (χ3v) is 5.39. The van der Waals surface area contributed by atoms with Crippen molar-refractivity contribution in [2.24, 2.45) is 0 Å². The first kappa shape index (κ1) is 17.6. The van der Waals surface area contributed by atoms with Crippen molar-refractivity contribution in [2.45, 2.75) is 24.8 Å². The van der Waals surface area contributed by atoms with Crippen LogP contribution in [-0.4, -0.2) is 59.3 Å². The van der Waals surface area contributed by atoms with E-state index in [-0.39, 0.29) is 36.0 Å². The Labute approximate surface area is 103 Å². The predicted octanol–water partition coefficient (Wildman–Crippen LogP) is -0.593. The van der Waals surface area contributed by atoms with Gasteiger partial charge in [-0.1, -0.05) is 13.3 Å². The summed E-state index contributed by atoms with van der Waals surface area (Å²) >= 11 is 0. The SMILES string of the molecule is CCCC(O)(P(=O)(O)O)P(=O)(O)O.[Na]. The molecule has 0 bridgehead atoms. The number of hydrogen-bond donors (Lipinski definition) is 5. The van der Waals surface area contributed by atoms with E-state index in [0.29, 0.717) is 0 Å². The van der Waals surface area contributed by atoms with Crippen molar-refractivity contribution in [1.82, 2.24) is 0 Å². The van der Waals surface area contributed by atoms with Gasteiger partial charge in [-0.2, -0.15) is 0 Å². The summed E-state index contributed by atoms with van der Waals surface area (Å²) in [4.78, 5) is 34.3. The summed E-state index contributed by atoms with van der Waals surface area (Å²) in [6, 6.07) is 0. The molecule has 5 N–H and O–H groups in total. The fourth-order valence-corrected chi connectivity index (χ4v) is 3.18. The monoisotopic (exact) mass is 257 g/mol. The van der Waals surface area contributed by atoms with Crippen LogP contribution in [0.4, 0.5) is 0 Å². The van der Waals surface area contributed by atoms with Gasteiger partial charge in [-0.05, 0) is 6.42 Å². The molecule has 7 nitrogen and oxygen atoms in total. The van der Waals surface area contributed by atoms with Gasteiger partial charge < -0.3 is 24.7 Å². The molecule has 0 aromatic carbocycles. The van der Waals surface area contributed by atoms with Crippen LogP contribution in [0.5, 0.6) is 0 Å². The molecule has 14 heavy (non-hydrogen) atoms. The van der Waals surface area contributed by atoms with Crippen LogP contribution in [0.3, 0.4) is 0 Å². The van der Waals surface area contributed by atoms with Crippen LogP contribution in [0.25, 0.3) is 0 Å². The molecule has 0 amide bonds. The van der Waals surface area contributed by atoms with Gasteiger partial charge in [0.1, 0.15) is 0 Å². The van der Waals surface area contributed by atoms with E-state index >= 15 is 0 Å². The Morgan fingerprint density at radius 1 is 1.07 bits per heavy atom. The molecule has 0 spiro atoms. The van der Waals surface area contributed by atoms with E-state index in [1.165, 1.54) is 6.92 Å². The van der Waals surface area contributed by atoms with E-state index in [4.69, 9.17) is 24.7 Å². The minimum Gasteiger partial charge on any atom is -0.368 e. The maximum atomic E-state index is 10.6. The van der Waals surface area contributed by atoms with E-state index in [9.17, 15) is 9.13 Å². The van der Waals surface area contributed by atoms with Gasteiger partial charge in [0, 0.05) is 29.6 Å². The van der Waals surface area contributed by atoms with Crippen molar-refractivity contribution in [2.75, 3.05) is 0 Å². The van der Waals surface area contributed by atoms with Crippen LogP contribution in [0, 0.1) is 0 Å². The summed E-state index contributed by atoms with van der Waals surface area (Å²) in [6.45, 7) is 1.44. The normalized spacial score (nSPS) is 13.6. The Kier molecular flexibility index (Phi) is 6.99. The largest absolute Gasteiger partial charge is 0.369 e. The zero-order valence-electron chi connectivity index (χ0n) is 7.86. The Morgan fingerprint density at radius 2 is 1.36 bits per heavy atom. The predicted molar refractivity (Wildman–Crippen MR) is 49.7 cm³/mol. The molecule has 0 aromatic heterocycles. The molecule has 1 radical (unpaired) electrons. The second kappa shape index (κ2) is 5.55. The average molecular weight is 257 g/mol. The molecule has 0 fully saturated rings. The van der Waals surface area contributed by atoms with Crippen LogP contribution in [0.15, 0.2) is 0 Å². The summed E-state index contributed by atoms with van der Waals surface area (Å²) in [5.41, 5.74) is 0. The second-order valence-corrected chi connectivity index (χ2v) is 6.62. The first-order chi connectivity index (χ1) is 5.56. The third kappa shape index (κ3) is 3.68. The second-order valence-electron chi connectivity index (χ2n) is 2.61. The van der Waals surface area contributed by atoms with Crippen molar-refractivity contribution in [3.8, 4) is 0 Å². The molecule has 81 valence electrons. The van der Waals surface area contributed by atoms with Gasteiger partial charge in [0.05, 0.1) is 0 Å². The first-order valence-corrected chi connectivity index (χ1v) is 6.62. The maximum Gasteiger partial charge on any atom is 0.369 e. The molecule has 0 atom stereocenters. The third-order valence-electron chi connectivity index (χ3n) is 1.52. The van der Waals surface area contributed by atoms with Gasteiger partial charge in [0.25, 0.3) is 5.08 Å². The van der Waals surface area contributed by atoms with Crippen LogP contribution in [0.1, 0.15) is 19.8 Å². The Morgan fingerprint density at radius 3 is 1.43 bits per heavy atom. The van der Waals surface area contributed by atoms with E-state index in [2.05, 4.69) is 0 Å². The standard InChI is InChI=1S/C4H12O7P2.Na/c1-2-3-4(5,12(6,7)8)13(9,10)11;/h5H,2-3H2,1H3,(H2,6,7,8)(H2,9,10,11);. The van der Waals surface area contributed by atoms with Gasteiger partial charge in [-0.25, -0.2) is 0 Å². The molecule has 0 saturated carbocycles. The molecular formula is C4H12NaO7P2. The van der Waals surface area contributed by atoms with Crippen molar-refractivity contribution in [3.05, 3.63) is 0 Å². The summed E-state index contributed by atoms with van der Waals surface area (Å²) in [5, 5.41) is 5.92. The maximum absolute atomic E-state index is 10.6. The van der Waals surface area contributed by atoms with Gasteiger partial charge in [-0.3, -0.25) is 9.13 Å². The quantitative estimate of drug-likeness (QED) is 0.335. The van der Waals surface area contributed by atoms with Crippen LogP contribution in [-0.2, 0) is 9.13 Å². The minimum atomic E-state index is -5.23. The topological polar surface area (TPSA) is 135 Å². The molecule has 0 aliphatic rings. The van der Waals surface area contributed by atoms with Gasteiger partial charge in [0.15, 0.2) is 0 Å². The van der Waals surface area contributed by atoms with Gasteiger partial charge >= 0.3 is 15.2 Å². The summed E-state index contributed by atoms with van der Waals surface area (Å²) in [6.07, 6.45) is -0.603. The summed E-state index contributed by atoms with van der Waals surface area (Å²) in [7, 11) is -10.5. The molecular weight excluding hydrogens is 245 g/mol. The molecule has 0 aromatic rings. The first-order valence-electron chi connectivity index (χ1n) is 3.40. The number of rotatable bonds is 4. The van der Waals surface area contributed by atoms with Gasteiger partial charge in [-0.15, -0.1) is 0 Å². The molecule has 0 unspecified atom stereocenters. The van der Waals surface area contributed by atoms with Crippen molar-refractivity contribution < 1.29 is 33.8 Å². The van der Waals surface area contributed by atoms with E-state index in [1.807, 2.05) is 0 Å². The molecule has 10 heteroatoms. The Balaban J connectivity index is 0. The van der Waals surface area contributed by atoms with E-state index in [0.717, 1.165) is 0 Å². The molecule has 0 aliphatic heterocycles. The Hall–Kier alpha value is 1.26. The zero-order valence-corrected chi connectivity index (χ0v) is 11.7. The number of hydrogen-bond acceptors (Lipinski definition) is 3. The summed E-state index contributed by atoms with van der Waals surface area (Å²) < 4.78 is 21.3. The van der Waals surface area contributed by atoms with Crippen molar-refractivity contribution in [3.63, 3.8) is 0 Å². The molecule has 0 rings (SSSR count). The average Bonchev–Trinajstić information content (AvgIpc) is 1.82. The van der Waals surface area contributed by atoms with Crippen LogP contribution in [0.2, 0.25) is 0 Å². The fourth-order valence-electron chi connectivity index (χ4n) is 0.796.